The summed E-state index contributed by atoms with van der Waals surface area (Å²) < 4.78 is 6.28. The Balaban J connectivity index is 2.44. The highest BCUT2D eigenvalue weighted by atomic mass is 35.5. The molecule has 0 atom stereocenters. The third-order valence-corrected chi connectivity index (χ3v) is 2.61. The van der Waals surface area contributed by atoms with E-state index in [4.69, 9.17) is 11.6 Å². The molecule has 0 saturated heterocycles. The molecule has 0 aliphatic rings. The number of benzene rings is 1. The summed E-state index contributed by atoms with van der Waals surface area (Å²) >= 11 is 5.90. The zero-order valence-electron chi connectivity index (χ0n) is 9.48. The van der Waals surface area contributed by atoms with Crippen molar-refractivity contribution >= 4 is 17.6 Å². The van der Waals surface area contributed by atoms with Crippen LogP contribution in [0.4, 0.5) is 0 Å². The second-order valence-electron chi connectivity index (χ2n) is 3.54. The van der Waals surface area contributed by atoms with E-state index in [1.54, 1.807) is 29.9 Å². The number of halogens is 1. The highest BCUT2D eigenvalue weighted by Crippen LogP contribution is 2.16. The van der Waals surface area contributed by atoms with Crippen LogP contribution in [0, 0.1) is 6.92 Å². The lowest BCUT2D eigenvalue weighted by atomic mass is 10.3. The summed E-state index contributed by atoms with van der Waals surface area (Å²) in [6.45, 7) is 1.76. The molecule has 1 aromatic carbocycles. The molecule has 0 bridgehead atoms. The van der Waals surface area contributed by atoms with Gasteiger partial charge in [0.15, 0.2) is 0 Å². The number of rotatable bonds is 2. The lowest BCUT2D eigenvalue weighted by Crippen LogP contribution is -2.01. The molecular weight excluding hydrogens is 240 g/mol. The van der Waals surface area contributed by atoms with Gasteiger partial charge < -0.3 is 4.74 Å². The Morgan fingerprint density at radius 3 is 2.88 bits per heavy atom. The third kappa shape index (κ3) is 2.31. The molecule has 0 fully saturated rings. The second-order valence-corrected chi connectivity index (χ2v) is 3.98. The Morgan fingerprint density at radius 2 is 2.24 bits per heavy atom. The Morgan fingerprint density at radius 1 is 1.47 bits per heavy atom. The number of methoxy groups -OCH3 is 1. The summed E-state index contributed by atoms with van der Waals surface area (Å²) in [6.07, 6.45) is 1.63. The Hall–Kier alpha value is -1.81. The summed E-state index contributed by atoms with van der Waals surface area (Å²) in [6, 6.07) is 7.24. The first-order valence-electron chi connectivity index (χ1n) is 5.02. The maximum atomic E-state index is 11.4. The molecule has 2 rings (SSSR count). The summed E-state index contributed by atoms with van der Waals surface area (Å²) in [4.78, 5) is 11.4. The van der Waals surface area contributed by atoms with Crippen molar-refractivity contribution < 1.29 is 9.53 Å². The molecule has 88 valence electrons. The maximum absolute atomic E-state index is 11.4. The van der Waals surface area contributed by atoms with Crippen molar-refractivity contribution in [2.24, 2.45) is 0 Å². The number of nitrogens with zero attached hydrogens (tertiary/aromatic N) is 2. The summed E-state index contributed by atoms with van der Waals surface area (Å²) in [5, 5.41) is 4.87. The van der Waals surface area contributed by atoms with Gasteiger partial charge >= 0.3 is 5.97 Å². The zero-order chi connectivity index (χ0) is 12.4. The van der Waals surface area contributed by atoms with Crippen LogP contribution in [0.3, 0.4) is 0 Å². The van der Waals surface area contributed by atoms with E-state index in [1.807, 2.05) is 12.1 Å². The topological polar surface area (TPSA) is 44.1 Å². The van der Waals surface area contributed by atoms with Crippen LogP contribution in [-0.2, 0) is 4.74 Å². The van der Waals surface area contributed by atoms with E-state index < -0.39 is 5.97 Å². The van der Waals surface area contributed by atoms with Gasteiger partial charge in [0, 0.05) is 11.2 Å². The normalized spacial score (nSPS) is 10.3. The highest BCUT2D eigenvalue weighted by molar-refractivity contribution is 6.30. The molecule has 5 heteroatoms. The number of aryl methyl sites for hydroxylation is 1. The second kappa shape index (κ2) is 4.59. The largest absolute Gasteiger partial charge is 0.465 e. The number of hydrogen-bond acceptors (Lipinski definition) is 3. The van der Waals surface area contributed by atoms with Gasteiger partial charge in [-0.2, -0.15) is 5.10 Å². The van der Waals surface area contributed by atoms with Gasteiger partial charge in [-0.1, -0.05) is 17.7 Å². The molecule has 1 heterocycles. The number of esters is 1. The van der Waals surface area contributed by atoms with Crippen molar-refractivity contribution in [3.8, 4) is 5.69 Å². The molecule has 0 spiro atoms. The highest BCUT2D eigenvalue weighted by Gasteiger charge is 2.14. The molecular formula is C12H11ClN2O2. The first-order valence-corrected chi connectivity index (χ1v) is 5.40. The Bertz CT molecular complexity index is 563. The predicted octanol–water partition coefficient (Wildman–Crippen LogP) is 2.62. The van der Waals surface area contributed by atoms with Gasteiger partial charge in [-0.15, -0.1) is 0 Å². The Kier molecular flexibility index (Phi) is 3.15. The first kappa shape index (κ1) is 11.7. The van der Waals surface area contributed by atoms with Crippen molar-refractivity contribution in [2.75, 3.05) is 7.11 Å². The smallest absolute Gasteiger partial charge is 0.341 e. The van der Waals surface area contributed by atoms with Crippen molar-refractivity contribution in [2.45, 2.75) is 6.92 Å². The van der Waals surface area contributed by atoms with Crippen molar-refractivity contribution in [1.82, 2.24) is 9.78 Å². The molecule has 2 aromatic rings. The van der Waals surface area contributed by atoms with Crippen LogP contribution in [0.2, 0.25) is 5.02 Å². The minimum Gasteiger partial charge on any atom is -0.465 e. The van der Waals surface area contributed by atoms with Crippen molar-refractivity contribution in [1.29, 1.82) is 0 Å². The van der Waals surface area contributed by atoms with Gasteiger partial charge in [-0.3, -0.25) is 0 Å². The van der Waals surface area contributed by atoms with Gasteiger partial charge in [0.2, 0.25) is 0 Å². The lowest BCUT2D eigenvalue weighted by Gasteiger charge is -2.00. The van der Waals surface area contributed by atoms with Crippen LogP contribution in [0.5, 0.6) is 0 Å². The van der Waals surface area contributed by atoms with E-state index in [9.17, 15) is 4.79 Å². The molecule has 0 aliphatic heterocycles. The van der Waals surface area contributed by atoms with Crippen LogP contribution in [0.1, 0.15) is 16.1 Å². The van der Waals surface area contributed by atoms with E-state index in [0.29, 0.717) is 16.3 Å². The van der Waals surface area contributed by atoms with E-state index in [2.05, 4.69) is 9.84 Å². The van der Waals surface area contributed by atoms with Gasteiger partial charge in [0.25, 0.3) is 0 Å². The van der Waals surface area contributed by atoms with Crippen LogP contribution in [-0.4, -0.2) is 22.9 Å². The number of carbonyl (C=O) groups excluding carboxylic acids is 1. The molecule has 4 nitrogen and oxygen atoms in total. The fourth-order valence-electron chi connectivity index (χ4n) is 1.52. The van der Waals surface area contributed by atoms with E-state index in [0.717, 1.165) is 5.69 Å². The first-order chi connectivity index (χ1) is 8.11. The Labute approximate surface area is 104 Å². The average molecular weight is 251 g/mol. The molecule has 0 saturated carbocycles. The monoisotopic (exact) mass is 250 g/mol. The van der Waals surface area contributed by atoms with E-state index in [-0.39, 0.29) is 0 Å². The molecule has 0 radical (unpaired) electrons. The number of ether oxygens (including phenoxy) is 1. The number of carbonyl (C=O) groups is 1. The fraction of sp³-hybridized carbons (Fsp3) is 0.167. The minimum absolute atomic E-state index is 0.393. The summed E-state index contributed by atoms with van der Waals surface area (Å²) in [5.74, 6) is -0.393. The average Bonchev–Trinajstić information content (AvgIpc) is 2.70. The standard InChI is InChI=1S/C12H11ClN2O2/c1-8-11(12(16)17-2)7-15(14-8)10-5-3-4-9(13)6-10/h3-7H,1-2H3. The van der Waals surface area contributed by atoms with Gasteiger partial charge in [-0.25, -0.2) is 9.48 Å². The van der Waals surface area contributed by atoms with Gasteiger partial charge in [-0.05, 0) is 25.1 Å². The molecule has 0 unspecified atom stereocenters. The molecule has 0 N–H and O–H groups in total. The molecule has 1 aromatic heterocycles. The van der Waals surface area contributed by atoms with E-state index in [1.165, 1.54) is 7.11 Å². The van der Waals surface area contributed by atoms with Crippen molar-refractivity contribution in [3.05, 3.63) is 46.7 Å². The van der Waals surface area contributed by atoms with Crippen LogP contribution in [0.15, 0.2) is 30.5 Å². The van der Waals surface area contributed by atoms with Crippen molar-refractivity contribution in [3.63, 3.8) is 0 Å². The number of hydrogen-bond donors (Lipinski definition) is 0. The molecule has 0 aliphatic carbocycles. The zero-order valence-corrected chi connectivity index (χ0v) is 10.2. The van der Waals surface area contributed by atoms with Crippen LogP contribution < -0.4 is 0 Å². The van der Waals surface area contributed by atoms with Gasteiger partial charge in [0.1, 0.15) is 5.56 Å². The predicted molar refractivity (Wildman–Crippen MR) is 64.7 cm³/mol. The molecule has 0 amide bonds. The quantitative estimate of drug-likeness (QED) is 0.770. The summed E-state index contributed by atoms with van der Waals surface area (Å²) in [7, 11) is 1.35. The number of aromatic nitrogens is 2. The van der Waals surface area contributed by atoms with Crippen LogP contribution >= 0.6 is 11.6 Å². The van der Waals surface area contributed by atoms with Gasteiger partial charge in [0.05, 0.1) is 18.5 Å². The molecule has 17 heavy (non-hydrogen) atoms. The van der Waals surface area contributed by atoms with E-state index >= 15 is 0 Å². The minimum atomic E-state index is -0.393. The third-order valence-electron chi connectivity index (χ3n) is 2.38. The SMILES string of the molecule is COC(=O)c1cn(-c2cccc(Cl)c2)nc1C. The lowest BCUT2D eigenvalue weighted by molar-refractivity contribution is 0.0600. The fourth-order valence-corrected chi connectivity index (χ4v) is 1.71. The summed E-state index contributed by atoms with van der Waals surface area (Å²) in [5.41, 5.74) is 1.88. The maximum Gasteiger partial charge on any atom is 0.341 e. The van der Waals surface area contributed by atoms with Crippen LogP contribution in [0.25, 0.3) is 5.69 Å².